The molecule has 0 spiro atoms. The summed E-state index contributed by atoms with van der Waals surface area (Å²) in [5, 5.41) is 11.9. The molecule has 0 atom stereocenters. The van der Waals surface area contributed by atoms with Crippen LogP contribution >= 0.6 is 23.4 Å². The Morgan fingerprint density at radius 2 is 1.75 bits per heavy atom. The molecule has 32 heavy (non-hydrogen) atoms. The summed E-state index contributed by atoms with van der Waals surface area (Å²) in [6, 6.07) is 14.8. The Kier molecular flexibility index (Phi) is 5.91. The third-order valence-electron chi connectivity index (χ3n) is 5.04. The largest absolute Gasteiger partial charge is 0.411 e. The van der Waals surface area contributed by atoms with E-state index in [1.807, 2.05) is 24.3 Å². The molecule has 0 radical (unpaired) electrons. The molecule has 162 valence electrons. The molecule has 1 aliphatic heterocycles. The summed E-state index contributed by atoms with van der Waals surface area (Å²) in [7, 11) is 0. The van der Waals surface area contributed by atoms with E-state index in [2.05, 4.69) is 25.4 Å². The highest BCUT2D eigenvalue weighted by atomic mass is 35.5. The van der Waals surface area contributed by atoms with E-state index in [0.717, 1.165) is 42.5 Å². The highest BCUT2D eigenvalue weighted by Gasteiger charge is 2.21. The zero-order chi connectivity index (χ0) is 21.9. The average molecular weight is 467 g/mol. The lowest BCUT2D eigenvalue weighted by molar-refractivity contribution is -0.113. The first-order valence-electron chi connectivity index (χ1n) is 10.2. The van der Waals surface area contributed by atoms with Gasteiger partial charge in [0.1, 0.15) is 0 Å². The number of nitrogens with one attached hydrogen (secondary N) is 1. The molecule has 8 nitrogen and oxygen atoms in total. The van der Waals surface area contributed by atoms with Crippen molar-refractivity contribution in [1.29, 1.82) is 0 Å². The lowest BCUT2D eigenvalue weighted by Gasteiger charge is -2.20. The summed E-state index contributed by atoms with van der Waals surface area (Å²) in [4.78, 5) is 24.3. The van der Waals surface area contributed by atoms with Crippen LogP contribution in [-0.4, -0.2) is 44.9 Å². The number of thioether (sulfide) groups is 1. The molecule has 1 saturated heterocycles. The van der Waals surface area contributed by atoms with Crippen LogP contribution in [0.3, 0.4) is 0 Å². The fourth-order valence-electron chi connectivity index (χ4n) is 3.50. The second-order valence-corrected chi connectivity index (χ2v) is 8.66. The molecular weight excluding hydrogens is 448 g/mol. The van der Waals surface area contributed by atoms with Crippen molar-refractivity contribution in [3.8, 4) is 11.5 Å². The molecule has 0 aliphatic carbocycles. The zero-order valence-corrected chi connectivity index (χ0v) is 18.6. The number of hydrogen-bond donors (Lipinski definition) is 1. The molecule has 10 heteroatoms. The number of para-hydroxylation sites is 2. The summed E-state index contributed by atoms with van der Waals surface area (Å²) in [5.74, 6) is 1.45. The fourth-order valence-corrected chi connectivity index (χ4v) is 4.19. The highest BCUT2D eigenvalue weighted by molar-refractivity contribution is 7.99. The molecule has 1 amide bonds. The van der Waals surface area contributed by atoms with E-state index in [4.69, 9.17) is 21.0 Å². The molecule has 4 aromatic rings. The molecule has 0 saturated carbocycles. The predicted octanol–water partition coefficient (Wildman–Crippen LogP) is 4.66. The number of nitrogens with zero attached hydrogens (tertiary/aromatic N) is 5. The number of hydrogen-bond acceptors (Lipinski definition) is 8. The molecule has 1 aliphatic rings. The molecular formula is C22H19ClN6O2S. The van der Waals surface area contributed by atoms with Gasteiger partial charge in [0.15, 0.2) is 11.6 Å². The number of anilines is 2. The van der Waals surface area contributed by atoms with Crippen LogP contribution < -0.4 is 10.2 Å². The maximum absolute atomic E-state index is 12.7. The second kappa shape index (κ2) is 9.13. The lowest BCUT2D eigenvalue weighted by atomic mass is 10.2. The van der Waals surface area contributed by atoms with Gasteiger partial charge < -0.3 is 14.6 Å². The first-order chi connectivity index (χ1) is 15.7. The predicted molar refractivity (Wildman–Crippen MR) is 125 cm³/mol. The van der Waals surface area contributed by atoms with Crippen LogP contribution in [0.1, 0.15) is 12.8 Å². The van der Waals surface area contributed by atoms with Crippen LogP contribution in [0.4, 0.5) is 11.6 Å². The number of amides is 1. The smallest absolute Gasteiger partial charge is 0.277 e. The minimum atomic E-state index is -0.216. The van der Waals surface area contributed by atoms with Crippen LogP contribution in [0.5, 0.6) is 0 Å². The van der Waals surface area contributed by atoms with Crippen molar-refractivity contribution in [2.75, 3.05) is 29.1 Å². The minimum Gasteiger partial charge on any atom is -0.411 e. The summed E-state index contributed by atoms with van der Waals surface area (Å²) >= 11 is 7.08. The van der Waals surface area contributed by atoms with Crippen LogP contribution in [0.2, 0.25) is 5.02 Å². The van der Waals surface area contributed by atoms with E-state index in [1.165, 1.54) is 11.8 Å². The van der Waals surface area contributed by atoms with Gasteiger partial charge in [0, 0.05) is 23.7 Å². The SMILES string of the molecule is O=C(CSc1nnc(-c2ccc(Cl)cc2)o1)Nc1nc2ccccc2nc1N1CCCC1. The first-order valence-corrected chi connectivity index (χ1v) is 11.6. The number of benzene rings is 2. The van der Waals surface area contributed by atoms with E-state index < -0.39 is 0 Å². The summed E-state index contributed by atoms with van der Waals surface area (Å²) in [5.41, 5.74) is 2.31. The number of aromatic nitrogens is 4. The van der Waals surface area contributed by atoms with Crippen molar-refractivity contribution >= 4 is 51.9 Å². The van der Waals surface area contributed by atoms with Crippen molar-refractivity contribution < 1.29 is 9.21 Å². The van der Waals surface area contributed by atoms with E-state index in [0.29, 0.717) is 27.8 Å². The van der Waals surface area contributed by atoms with Crippen molar-refractivity contribution in [3.63, 3.8) is 0 Å². The number of halogens is 1. The number of rotatable bonds is 6. The van der Waals surface area contributed by atoms with Crippen molar-refractivity contribution in [3.05, 3.63) is 53.6 Å². The Balaban J connectivity index is 1.29. The monoisotopic (exact) mass is 466 g/mol. The van der Waals surface area contributed by atoms with Crippen LogP contribution in [-0.2, 0) is 4.79 Å². The van der Waals surface area contributed by atoms with Crippen LogP contribution in [0, 0.1) is 0 Å². The van der Waals surface area contributed by atoms with E-state index >= 15 is 0 Å². The van der Waals surface area contributed by atoms with Crippen LogP contribution in [0.25, 0.3) is 22.5 Å². The Morgan fingerprint density at radius 3 is 2.50 bits per heavy atom. The van der Waals surface area contributed by atoms with E-state index in [1.54, 1.807) is 24.3 Å². The topological polar surface area (TPSA) is 97.0 Å². The molecule has 0 unspecified atom stereocenters. The third kappa shape index (κ3) is 4.53. The lowest BCUT2D eigenvalue weighted by Crippen LogP contribution is -2.24. The van der Waals surface area contributed by atoms with Gasteiger partial charge in [0.2, 0.25) is 11.8 Å². The summed E-state index contributed by atoms with van der Waals surface area (Å²) < 4.78 is 5.65. The molecule has 1 N–H and O–H groups in total. The van der Waals surface area contributed by atoms with Crippen molar-refractivity contribution in [1.82, 2.24) is 20.2 Å². The van der Waals surface area contributed by atoms with E-state index in [-0.39, 0.29) is 11.7 Å². The molecule has 0 bridgehead atoms. The van der Waals surface area contributed by atoms with Gasteiger partial charge >= 0.3 is 0 Å². The van der Waals surface area contributed by atoms with Crippen LogP contribution in [0.15, 0.2) is 58.2 Å². The second-order valence-electron chi connectivity index (χ2n) is 7.30. The molecule has 2 aromatic heterocycles. The summed E-state index contributed by atoms with van der Waals surface area (Å²) in [6.45, 7) is 1.81. The maximum Gasteiger partial charge on any atom is 0.277 e. The highest BCUT2D eigenvalue weighted by Crippen LogP contribution is 2.29. The van der Waals surface area contributed by atoms with Gasteiger partial charge in [-0.2, -0.15) is 0 Å². The quantitative estimate of drug-likeness (QED) is 0.409. The van der Waals surface area contributed by atoms with Gasteiger partial charge in [-0.25, -0.2) is 9.97 Å². The minimum absolute atomic E-state index is 0.107. The Morgan fingerprint density at radius 1 is 1.03 bits per heavy atom. The van der Waals surface area contributed by atoms with Crippen molar-refractivity contribution in [2.45, 2.75) is 18.1 Å². The number of carbonyl (C=O) groups excluding carboxylic acids is 1. The van der Waals surface area contributed by atoms with Gasteiger partial charge in [0.25, 0.3) is 5.22 Å². The Hall–Kier alpha value is -3.17. The third-order valence-corrected chi connectivity index (χ3v) is 6.11. The molecule has 1 fully saturated rings. The standard InChI is InChI=1S/C22H19ClN6O2S/c23-15-9-7-14(8-10-15)21-27-28-22(31-21)32-13-18(30)26-19-20(29-11-3-4-12-29)25-17-6-2-1-5-16(17)24-19/h1-2,5-10H,3-4,11-13H2,(H,24,26,30). The van der Waals surface area contributed by atoms with Gasteiger partial charge in [-0.1, -0.05) is 35.5 Å². The molecule has 3 heterocycles. The Labute approximate surface area is 193 Å². The van der Waals surface area contributed by atoms with Gasteiger partial charge in [-0.3, -0.25) is 4.79 Å². The number of fused-ring (bicyclic) bond motifs is 1. The van der Waals surface area contributed by atoms with Gasteiger partial charge in [-0.05, 0) is 49.2 Å². The number of carbonyl (C=O) groups is 1. The maximum atomic E-state index is 12.7. The fraction of sp³-hybridized carbons (Fsp3) is 0.227. The summed E-state index contributed by atoms with van der Waals surface area (Å²) in [6.07, 6.45) is 2.20. The average Bonchev–Trinajstić information content (AvgIpc) is 3.50. The molecule has 2 aromatic carbocycles. The zero-order valence-electron chi connectivity index (χ0n) is 17.0. The van der Waals surface area contributed by atoms with Crippen molar-refractivity contribution in [2.24, 2.45) is 0 Å². The molecule has 5 rings (SSSR count). The normalized spacial score (nSPS) is 13.6. The first kappa shape index (κ1) is 20.7. The van der Waals surface area contributed by atoms with Gasteiger partial charge in [-0.15, -0.1) is 10.2 Å². The Bertz CT molecular complexity index is 1260. The van der Waals surface area contributed by atoms with E-state index in [9.17, 15) is 4.79 Å². The van der Waals surface area contributed by atoms with Gasteiger partial charge in [0.05, 0.1) is 16.8 Å².